The zero-order valence-corrected chi connectivity index (χ0v) is 11.4. The maximum Gasteiger partial charge on any atom is 0.417 e. The van der Waals surface area contributed by atoms with E-state index in [0.29, 0.717) is 25.9 Å². The second-order valence-corrected chi connectivity index (χ2v) is 5.92. The van der Waals surface area contributed by atoms with Crippen molar-refractivity contribution >= 4 is 17.9 Å². The highest BCUT2D eigenvalue weighted by molar-refractivity contribution is 8.00. The van der Waals surface area contributed by atoms with E-state index in [4.69, 9.17) is 5.11 Å². The van der Waals surface area contributed by atoms with E-state index in [1.807, 2.05) is 0 Å². The van der Waals surface area contributed by atoms with Crippen molar-refractivity contribution in [1.82, 2.24) is 4.90 Å². The first-order chi connectivity index (χ1) is 9.38. The molecule has 0 atom stereocenters. The Morgan fingerprint density at radius 3 is 2.40 bits per heavy atom. The largest absolute Gasteiger partial charge is 0.465 e. The smallest absolute Gasteiger partial charge is 0.417 e. The highest BCUT2D eigenvalue weighted by atomic mass is 32.2. The summed E-state index contributed by atoms with van der Waals surface area (Å²) in [4.78, 5) is 12.3. The van der Waals surface area contributed by atoms with Gasteiger partial charge in [0.15, 0.2) is 0 Å². The van der Waals surface area contributed by atoms with Gasteiger partial charge in [-0.1, -0.05) is 12.1 Å². The summed E-state index contributed by atoms with van der Waals surface area (Å²) in [7, 11) is 0. The van der Waals surface area contributed by atoms with Gasteiger partial charge in [-0.05, 0) is 25.0 Å². The van der Waals surface area contributed by atoms with Gasteiger partial charge in [-0.3, -0.25) is 0 Å². The van der Waals surface area contributed by atoms with Crippen LogP contribution < -0.4 is 0 Å². The van der Waals surface area contributed by atoms with Crippen LogP contribution in [0.4, 0.5) is 18.0 Å². The quantitative estimate of drug-likeness (QED) is 0.899. The molecule has 0 spiro atoms. The summed E-state index contributed by atoms with van der Waals surface area (Å²) in [6.45, 7) is 0.752. The minimum atomic E-state index is -4.36. The van der Waals surface area contributed by atoms with E-state index in [1.54, 1.807) is 6.07 Å². The van der Waals surface area contributed by atoms with Gasteiger partial charge >= 0.3 is 12.3 Å². The van der Waals surface area contributed by atoms with Gasteiger partial charge in [0.1, 0.15) is 0 Å². The molecule has 1 saturated heterocycles. The zero-order chi connectivity index (χ0) is 14.8. The normalized spacial score (nSPS) is 17.2. The third kappa shape index (κ3) is 3.59. The van der Waals surface area contributed by atoms with Gasteiger partial charge in [0, 0.05) is 23.2 Å². The zero-order valence-electron chi connectivity index (χ0n) is 10.6. The van der Waals surface area contributed by atoms with E-state index in [0.717, 1.165) is 6.07 Å². The number of amides is 1. The number of benzene rings is 1. The molecule has 0 bridgehead atoms. The van der Waals surface area contributed by atoms with Crippen LogP contribution in [0.1, 0.15) is 18.4 Å². The molecule has 20 heavy (non-hydrogen) atoms. The van der Waals surface area contributed by atoms with E-state index < -0.39 is 17.8 Å². The predicted octanol–water partition coefficient (Wildman–Crippen LogP) is 3.94. The molecule has 2 rings (SSSR count). The van der Waals surface area contributed by atoms with Crippen LogP contribution in [-0.2, 0) is 6.18 Å². The van der Waals surface area contributed by atoms with Crippen LogP contribution >= 0.6 is 11.8 Å². The molecule has 1 aromatic rings. The monoisotopic (exact) mass is 305 g/mol. The van der Waals surface area contributed by atoms with E-state index >= 15 is 0 Å². The molecule has 0 saturated carbocycles. The van der Waals surface area contributed by atoms with Crippen LogP contribution in [0, 0.1) is 0 Å². The molecule has 1 aliphatic rings. The number of likely N-dealkylation sites (tertiary alicyclic amines) is 1. The average molecular weight is 305 g/mol. The van der Waals surface area contributed by atoms with Crippen molar-refractivity contribution in [2.24, 2.45) is 0 Å². The van der Waals surface area contributed by atoms with Gasteiger partial charge in [0.25, 0.3) is 0 Å². The Balaban J connectivity index is 2.03. The first kappa shape index (κ1) is 15.0. The molecule has 0 unspecified atom stereocenters. The van der Waals surface area contributed by atoms with Crippen molar-refractivity contribution in [3.63, 3.8) is 0 Å². The number of carboxylic acid groups (broad SMARTS) is 1. The van der Waals surface area contributed by atoms with E-state index in [-0.39, 0.29) is 10.1 Å². The SMILES string of the molecule is O=C(O)N1CCC(Sc2ccccc2C(F)(F)F)CC1. The van der Waals surface area contributed by atoms with Crippen molar-refractivity contribution in [3.05, 3.63) is 29.8 Å². The fourth-order valence-corrected chi connectivity index (χ4v) is 3.42. The third-order valence-electron chi connectivity index (χ3n) is 3.20. The number of thioether (sulfide) groups is 1. The predicted molar refractivity (Wildman–Crippen MR) is 69.9 cm³/mol. The lowest BCUT2D eigenvalue weighted by Gasteiger charge is -2.30. The molecule has 1 N–H and O–H groups in total. The maximum atomic E-state index is 12.9. The third-order valence-corrected chi connectivity index (χ3v) is 4.61. The molecule has 3 nitrogen and oxygen atoms in total. The highest BCUT2D eigenvalue weighted by Gasteiger charge is 2.34. The molecule has 1 amide bonds. The molecule has 1 aromatic carbocycles. The Kier molecular flexibility index (Phi) is 4.47. The summed E-state index contributed by atoms with van der Waals surface area (Å²) in [6, 6.07) is 5.51. The second kappa shape index (κ2) is 5.95. The van der Waals surface area contributed by atoms with E-state index in [9.17, 15) is 18.0 Å². The van der Waals surface area contributed by atoms with E-state index in [2.05, 4.69) is 0 Å². The van der Waals surface area contributed by atoms with Crippen LogP contribution in [0.25, 0.3) is 0 Å². The summed E-state index contributed by atoms with van der Waals surface area (Å²) < 4.78 is 38.6. The fraction of sp³-hybridized carbons (Fsp3) is 0.462. The van der Waals surface area contributed by atoms with Crippen molar-refractivity contribution in [2.45, 2.75) is 29.2 Å². The van der Waals surface area contributed by atoms with Crippen molar-refractivity contribution in [2.75, 3.05) is 13.1 Å². The molecule has 0 aliphatic carbocycles. The lowest BCUT2D eigenvalue weighted by atomic mass is 10.1. The van der Waals surface area contributed by atoms with Crippen molar-refractivity contribution < 1.29 is 23.1 Å². The number of hydrogen-bond acceptors (Lipinski definition) is 2. The van der Waals surface area contributed by atoms with Gasteiger partial charge in [0.2, 0.25) is 0 Å². The van der Waals surface area contributed by atoms with Gasteiger partial charge in [0.05, 0.1) is 5.56 Å². The van der Waals surface area contributed by atoms with Crippen LogP contribution in [-0.4, -0.2) is 34.4 Å². The Hall–Kier alpha value is -1.37. The molecule has 7 heteroatoms. The number of rotatable bonds is 2. The number of alkyl halides is 3. The number of halogens is 3. The van der Waals surface area contributed by atoms with Crippen molar-refractivity contribution in [1.29, 1.82) is 0 Å². The molecule has 0 radical (unpaired) electrons. The van der Waals surface area contributed by atoms with Crippen LogP contribution in [0.15, 0.2) is 29.2 Å². The van der Waals surface area contributed by atoms with Gasteiger partial charge < -0.3 is 10.0 Å². The Morgan fingerprint density at radius 1 is 1.25 bits per heavy atom. The molecule has 1 heterocycles. The van der Waals surface area contributed by atoms with E-state index in [1.165, 1.54) is 28.8 Å². The molecule has 0 aromatic heterocycles. The maximum absolute atomic E-state index is 12.9. The standard InChI is InChI=1S/C13H14F3NO2S/c14-13(15,16)10-3-1-2-4-11(10)20-9-5-7-17(8-6-9)12(18)19/h1-4,9H,5-8H2,(H,18,19). The van der Waals surface area contributed by atoms with Crippen LogP contribution in [0.3, 0.4) is 0 Å². The number of hydrogen-bond donors (Lipinski definition) is 1. The highest BCUT2D eigenvalue weighted by Crippen LogP contribution is 2.39. The van der Waals surface area contributed by atoms with Crippen molar-refractivity contribution in [3.8, 4) is 0 Å². The summed E-state index contributed by atoms with van der Waals surface area (Å²) >= 11 is 1.19. The summed E-state index contributed by atoms with van der Waals surface area (Å²) in [5.74, 6) is 0. The number of piperidine rings is 1. The fourth-order valence-electron chi connectivity index (χ4n) is 2.15. The first-order valence-corrected chi connectivity index (χ1v) is 7.06. The molecule has 1 aliphatic heterocycles. The lowest BCUT2D eigenvalue weighted by Crippen LogP contribution is -2.38. The summed E-state index contributed by atoms with van der Waals surface area (Å²) in [5.41, 5.74) is -0.620. The molecular weight excluding hydrogens is 291 g/mol. The Bertz CT molecular complexity index is 485. The van der Waals surface area contributed by atoms with Crippen LogP contribution in [0.5, 0.6) is 0 Å². The van der Waals surface area contributed by atoms with Gasteiger partial charge in [-0.2, -0.15) is 13.2 Å². The molecular formula is C13H14F3NO2S. The molecule has 1 fully saturated rings. The average Bonchev–Trinajstić information content (AvgIpc) is 2.38. The summed E-state index contributed by atoms with van der Waals surface area (Å²) in [5, 5.41) is 8.86. The minimum absolute atomic E-state index is 0.0223. The summed E-state index contributed by atoms with van der Waals surface area (Å²) in [6.07, 6.45) is -4.18. The van der Waals surface area contributed by atoms with Gasteiger partial charge in [-0.25, -0.2) is 4.79 Å². The minimum Gasteiger partial charge on any atom is -0.465 e. The second-order valence-electron chi connectivity index (χ2n) is 4.58. The molecule has 110 valence electrons. The lowest BCUT2D eigenvalue weighted by molar-refractivity contribution is -0.139. The Morgan fingerprint density at radius 2 is 1.85 bits per heavy atom. The number of nitrogens with zero attached hydrogens (tertiary/aromatic N) is 1. The van der Waals surface area contributed by atoms with Gasteiger partial charge in [-0.15, -0.1) is 11.8 Å². The first-order valence-electron chi connectivity index (χ1n) is 6.18. The topological polar surface area (TPSA) is 40.5 Å². The van der Waals surface area contributed by atoms with Crippen LogP contribution in [0.2, 0.25) is 0 Å². The number of carbonyl (C=O) groups is 1. The Labute approximate surface area is 118 Å².